The molecule has 0 spiro atoms. The Morgan fingerprint density at radius 3 is 2.44 bits per heavy atom. The van der Waals surface area contributed by atoms with E-state index in [4.69, 9.17) is 5.73 Å². The SMILES string of the molecule is CCN(CC(F)(F)F)C(c1cc(Br)cs1)C(C)N. The summed E-state index contributed by atoms with van der Waals surface area (Å²) in [6.07, 6.45) is -4.21. The fourth-order valence-corrected chi connectivity index (χ4v) is 3.59. The number of rotatable bonds is 5. The molecular weight excluding hydrogens is 329 g/mol. The molecule has 1 aromatic rings. The molecule has 104 valence electrons. The minimum absolute atomic E-state index is 0.307. The molecule has 0 aliphatic heterocycles. The molecule has 0 bridgehead atoms. The monoisotopic (exact) mass is 344 g/mol. The summed E-state index contributed by atoms with van der Waals surface area (Å²) < 4.78 is 38.5. The van der Waals surface area contributed by atoms with Gasteiger partial charge in [-0.1, -0.05) is 6.92 Å². The molecule has 2 nitrogen and oxygen atoms in total. The van der Waals surface area contributed by atoms with E-state index in [1.54, 1.807) is 13.8 Å². The highest BCUT2D eigenvalue weighted by molar-refractivity contribution is 9.10. The molecule has 1 rings (SSSR count). The zero-order chi connectivity index (χ0) is 13.9. The molecule has 0 aliphatic rings. The van der Waals surface area contributed by atoms with Crippen molar-refractivity contribution in [3.8, 4) is 0 Å². The smallest absolute Gasteiger partial charge is 0.326 e. The summed E-state index contributed by atoms with van der Waals surface area (Å²) in [4.78, 5) is 2.21. The van der Waals surface area contributed by atoms with E-state index in [0.717, 1.165) is 9.35 Å². The highest BCUT2D eigenvalue weighted by atomic mass is 79.9. The second-order valence-corrected chi connectivity index (χ2v) is 6.01. The molecule has 0 radical (unpaired) electrons. The summed E-state index contributed by atoms with van der Waals surface area (Å²) in [6.45, 7) is 2.81. The quantitative estimate of drug-likeness (QED) is 0.880. The van der Waals surface area contributed by atoms with E-state index >= 15 is 0 Å². The second-order valence-electron chi connectivity index (χ2n) is 4.15. The van der Waals surface area contributed by atoms with Gasteiger partial charge >= 0.3 is 6.18 Å². The molecular formula is C11H16BrF3N2S. The third-order valence-corrected chi connectivity index (χ3v) is 4.32. The van der Waals surface area contributed by atoms with Gasteiger partial charge in [0, 0.05) is 20.8 Å². The van der Waals surface area contributed by atoms with E-state index in [0.29, 0.717) is 6.54 Å². The molecule has 2 unspecified atom stereocenters. The van der Waals surface area contributed by atoms with Crippen molar-refractivity contribution in [1.29, 1.82) is 0 Å². The van der Waals surface area contributed by atoms with Crippen LogP contribution in [0, 0.1) is 0 Å². The highest BCUT2D eigenvalue weighted by Gasteiger charge is 2.35. The normalized spacial score (nSPS) is 16.0. The summed E-state index contributed by atoms with van der Waals surface area (Å²) in [5, 5.41) is 1.85. The van der Waals surface area contributed by atoms with Crippen LogP contribution in [0.4, 0.5) is 13.2 Å². The van der Waals surface area contributed by atoms with E-state index in [9.17, 15) is 13.2 Å². The maximum absolute atomic E-state index is 12.5. The van der Waals surface area contributed by atoms with Gasteiger partial charge in [0.25, 0.3) is 0 Å². The van der Waals surface area contributed by atoms with Crippen molar-refractivity contribution in [2.24, 2.45) is 5.73 Å². The van der Waals surface area contributed by atoms with Crippen molar-refractivity contribution in [3.05, 3.63) is 20.8 Å². The van der Waals surface area contributed by atoms with Crippen LogP contribution in [0.25, 0.3) is 0 Å². The molecule has 18 heavy (non-hydrogen) atoms. The van der Waals surface area contributed by atoms with Gasteiger partial charge in [-0.25, -0.2) is 0 Å². The van der Waals surface area contributed by atoms with Gasteiger partial charge in [-0.3, -0.25) is 4.90 Å². The molecule has 0 amide bonds. The first-order chi connectivity index (χ1) is 8.24. The standard InChI is InChI=1S/C11H16BrF3N2S/c1-3-17(6-11(13,14)15)10(7(2)16)9-4-8(12)5-18-9/h4-5,7,10H,3,6,16H2,1-2H3. The Labute approximate surface area is 117 Å². The number of thiophene rings is 1. The molecule has 1 aromatic heterocycles. The average molecular weight is 345 g/mol. The van der Waals surface area contributed by atoms with E-state index in [1.165, 1.54) is 16.2 Å². The fraction of sp³-hybridized carbons (Fsp3) is 0.636. The van der Waals surface area contributed by atoms with Crippen molar-refractivity contribution in [2.75, 3.05) is 13.1 Å². The first-order valence-corrected chi connectivity index (χ1v) is 7.22. The largest absolute Gasteiger partial charge is 0.401 e. The summed E-state index contributed by atoms with van der Waals surface area (Å²) >= 11 is 4.73. The maximum atomic E-state index is 12.5. The number of nitrogens with two attached hydrogens (primary N) is 1. The van der Waals surface area contributed by atoms with Crippen LogP contribution < -0.4 is 5.73 Å². The molecule has 2 atom stereocenters. The van der Waals surface area contributed by atoms with Gasteiger partial charge in [0.15, 0.2) is 0 Å². The van der Waals surface area contributed by atoms with Gasteiger partial charge in [0.1, 0.15) is 0 Å². The van der Waals surface area contributed by atoms with Crippen LogP contribution in [-0.2, 0) is 0 Å². The van der Waals surface area contributed by atoms with Crippen molar-refractivity contribution < 1.29 is 13.2 Å². The molecule has 0 saturated carbocycles. The molecule has 1 heterocycles. The van der Waals surface area contributed by atoms with Crippen molar-refractivity contribution in [3.63, 3.8) is 0 Å². The van der Waals surface area contributed by atoms with E-state index in [2.05, 4.69) is 15.9 Å². The Hall–Kier alpha value is -0.110. The van der Waals surface area contributed by atoms with Gasteiger partial charge in [0.05, 0.1) is 12.6 Å². The zero-order valence-corrected chi connectivity index (χ0v) is 12.6. The number of nitrogens with zero attached hydrogens (tertiary/aromatic N) is 1. The van der Waals surface area contributed by atoms with Gasteiger partial charge < -0.3 is 5.73 Å². The van der Waals surface area contributed by atoms with Crippen LogP contribution >= 0.6 is 27.3 Å². The predicted molar refractivity (Wildman–Crippen MR) is 71.7 cm³/mol. The molecule has 0 fully saturated rings. The topological polar surface area (TPSA) is 29.3 Å². The van der Waals surface area contributed by atoms with Crippen molar-refractivity contribution in [2.45, 2.75) is 32.1 Å². The van der Waals surface area contributed by atoms with E-state index in [1.807, 2.05) is 11.4 Å². The lowest BCUT2D eigenvalue weighted by atomic mass is 10.1. The molecule has 0 aromatic carbocycles. The fourth-order valence-electron chi connectivity index (χ4n) is 1.89. The molecule has 2 N–H and O–H groups in total. The number of halogens is 4. The van der Waals surface area contributed by atoms with E-state index < -0.39 is 18.8 Å². The van der Waals surface area contributed by atoms with Crippen LogP contribution in [0.1, 0.15) is 24.8 Å². The summed E-state index contributed by atoms with van der Waals surface area (Å²) in [5.41, 5.74) is 5.86. The lowest BCUT2D eigenvalue weighted by molar-refractivity contribution is -0.151. The summed E-state index contributed by atoms with van der Waals surface area (Å²) in [6, 6.07) is 1.06. The third kappa shape index (κ3) is 4.53. The predicted octanol–water partition coefficient (Wildman–Crippen LogP) is 3.78. The van der Waals surface area contributed by atoms with Crippen molar-refractivity contribution in [1.82, 2.24) is 4.90 Å². The Bertz CT molecular complexity index is 379. The minimum atomic E-state index is -4.21. The third-order valence-electron chi connectivity index (χ3n) is 2.56. The minimum Gasteiger partial charge on any atom is -0.326 e. The van der Waals surface area contributed by atoms with E-state index in [-0.39, 0.29) is 6.04 Å². The van der Waals surface area contributed by atoms with Crippen LogP contribution in [0.3, 0.4) is 0 Å². The van der Waals surface area contributed by atoms with Crippen LogP contribution in [0.15, 0.2) is 15.9 Å². The van der Waals surface area contributed by atoms with Crippen LogP contribution in [0.5, 0.6) is 0 Å². The Kier molecular flexibility index (Phi) is 5.64. The Morgan fingerprint density at radius 1 is 1.50 bits per heavy atom. The van der Waals surface area contributed by atoms with Gasteiger partial charge in [0.2, 0.25) is 0 Å². The Balaban J connectivity index is 2.96. The highest BCUT2D eigenvalue weighted by Crippen LogP contribution is 2.33. The molecule has 0 aliphatic carbocycles. The first-order valence-electron chi connectivity index (χ1n) is 5.55. The number of hydrogen-bond acceptors (Lipinski definition) is 3. The number of likely N-dealkylation sites (N-methyl/N-ethyl adjacent to an activating group) is 1. The first kappa shape index (κ1) is 15.9. The van der Waals surface area contributed by atoms with Crippen molar-refractivity contribution >= 4 is 27.3 Å². The Morgan fingerprint density at radius 2 is 2.11 bits per heavy atom. The van der Waals surface area contributed by atoms with Gasteiger partial charge in [-0.15, -0.1) is 11.3 Å². The second kappa shape index (κ2) is 6.36. The zero-order valence-electron chi connectivity index (χ0n) is 10.2. The average Bonchev–Trinajstić information content (AvgIpc) is 2.61. The number of hydrogen-bond donors (Lipinski definition) is 1. The van der Waals surface area contributed by atoms with Crippen LogP contribution in [0.2, 0.25) is 0 Å². The van der Waals surface area contributed by atoms with Gasteiger partial charge in [-0.2, -0.15) is 13.2 Å². The van der Waals surface area contributed by atoms with Gasteiger partial charge in [-0.05, 0) is 35.5 Å². The lowest BCUT2D eigenvalue weighted by Crippen LogP contribution is -2.43. The lowest BCUT2D eigenvalue weighted by Gasteiger charge is -2.33. The van der Waals surface area contributed by atoms with Crippen LogP contribution in [-0.4, -0.2) is 30.2 Å². The maximum Gasteiger partial charge on any atom is 0.401 e. The molecule has 7 heteroatoms. The number of alkyl halides is 3. The summed E-state index contributed by atoms with van der Waals surface area (Å²) in [7, 11) is 0. The molecule has 0 saturated heterocycles. The summed E-state index contributed by atoms with van der Waals surface area (Å²) in [5.74, 6) is 0.